The predicted molar refractivity (Wildman–Crippen MR) is 59.7 cm³/mol. The molecule has 88 valence electrons. The lowest BCUT2D eigenvalue weighted by Gasteiger charge is -2.26. The van der Waals surface area contributed by atoms with E-state index < -0.39 is 0 Å². The van der Waals surface area contributed by atoms with Gasteiger partial charge in [-0.05, 0) is 31.6 Å². The molecule has 15 heavy (non-hydrogen) atoms. The van der Waals surface area contributed by atoms with Crippen LogP contribution in [0.15, 0.2) is 0 Å². The van der Waals surface area contributed by atoms with Crippen molar-refractivity contribution in [2.75, 3.05) is 26.4 Å². The molecule has 0 amide bonds. The van der Waals surface area contributed by atoms with Gasteiger partial charge in [0.2, 0.25) is 0 Å². The standard InChI is InChI=1S/C12H23NO2/c13-12(5-1-2-6-12)10-15-9-11-3-7-14-8-4-11/h11H,1-10,13H2. The second-order valence-corrected chi connectivity index (χ2v) is 5.14. The molecule has 0 unspecified atom stereocenters. The maximum atomic E-state index is 6.22. The monoisotopic (exact) mass is 213 g/mol. The zero-order chi connectivity index (χ0) is 10.6. The first kappa shape index (κ1) is 11.4. The average Bonchev–Trinajstić information content (AvgIpc) is 2.67. The second-order valence-electron chi connectivity index (χ2n) is 5.14. The molecule has 0 aromatic heterocycles. The first-order valence-electron chi connectivity index (χ1n) is 6.23. The van der Waals surface area contributed by atoms with Crippen LogP contribution in [-0.4, -0.2) is 32.0 Å². The lowest BCUT2D eigenvalue weighted by Crippen LogP contribution is -2.42. The minimum absolute atomic E-state index is 0.00876. The Labute approximate surface area is 92.3 Å². The molecule has 0 aromatic carbocycles. The summed E-state index contributed by atoms with van der Waals surface area (Å²) in [6.45, 7) is 3.44. The Kier molecular flexibility index (Phi) is 4.00. The maximum Gasteiger partial charge on any atom is 0.0646 e. The summed E-state index contributed by atoms with van der Waals surface area (Å²) < 4.78 is 11.1. The Bertz CT molecular complexity index is 184. The molecule has 0 radical (unpaired) electrons. The summed E-state index contributed by atoms with van der Waals surface area (Å²) in [7, 11) is 0. The van der Waals surface area contributed by atoms with Gasteiger partial charge in [0.1, 0.15) is 0 Å². The third-order valence-corrected chi connectivity index (χ3v) is 3.68. The molecule has 0 atom stereocenters. The Hall–Kier alpha value is -0.120. The van der Waals surface area contributed by atoms with Gasteiger partial charge in [-0.3, -0.25) is 0 Å². The van der Waals surface area contributed by atoms with Crippen LogP contribution in [0.2, 0.25) is 0 Å². The van der Waals surface area contributed by atoms with Gasteiger partial charge in [-0.2, -0.15) is 0 Å². The maximum absolute atomic E-state index is 6.22. The zero-order valence-electron chi connectivity index (χ0n) is 9.54. The molecule has 1 saturated heterocycles. The molecular formula is C12H23NO2. The molecule has 3 nitrogen and oxygen atoms in total. The molecule has 1 aliphatic heterocycles. The topological polar surface area (TPSA) is 44.5 Å². The van der Waals surface area contributed by atoms with Crippen molar-refractivity contribution in [3.8, 4) is 0 Å². The Morgan fingerprint density at radius 2 is 1.87 bits per heavy atom. The SMILES string of the molecule is NC1(COCC2CCOCC2)CCCC1. The first-order valence-corrected chi connectivity index (χ1v) is 6.23. The molecule has 0 spiro atoms. The quantitative estimate of drug-likeness (QED) is 0.773. The van der Waals surface area contributed by atoms with Crippen LogP contribution in [0.5, 0.6) is 0 Å². The third-order valence-electron chi connectivity index (χ3n) is 3.68. The van der Waals surface area contributed by atoms with Gasteiger partial charge in [-0.25, -0.2) is 0 Å². The van der Waals surface area contributed by atoms with Crippen LogP contribution in [0.4, 0.5) is 0 Å². The summed E-state index contributed by atoms with van der Waals surface area (Å²) in [4.78, 5) is 0. The van der Waals surface area contributed by atoms with E-state index in [2.05, 4.69) is 0 Å². The number of ether oxygens (including phenoxy) is 2. The van der Waals surface area contributed by atoms with Gasteiger partial charge in [0.05, 0.1) is 6.61 Å². The van der Waals surface area contributed by atoms with Crippen molar-refractivity contribution in [1.82, 2.24) is 0 Å². The molecule has 0 bridgehead atoms. The highest BCUT2D eigenvalue weighted by Crippen LogP contribution is 2.27. The van der Waals surface area contributed by atoms with Crippen molar-refractivity contribution in [2.45, 2.75) is 44.1 Å². The molecule has 1 saturated carbocycles. The van der Waals surface area contributed by atoms with E-state index in [0.717, 1.165) is 52.1 Å². The van der Waals surface area contributed by atoms with Crippen molar-refractivity contribution in [3.63, 3.8) is 0 Å². The van der Waals surface area contributed by atoms with Gasteiger partial charge < -0.3 is 15.2 Å². The molecule has 2 aliphatic rings. The van der Waals surface area contributed by atoms with Gasteiger partial charge in [0, 0.05) is 25.4 Å². The fourth-order valence-electron chi connectivity index (χ4n) is 2.57. The lowest BCUT2D eigenvalue weighted by atomic mass is 10.00. The van der Waals surface area contributed by atoms with Gasteiger partial charge in [0.15, 0.2) is 0 Å². The molecule has 1 heterocycles. The van der Waals surface area contributed by atoms with Gasteiger partial charge in [0.25, 0.3) is 0 Å². The van der Waals surface area contributed by atoms with E-state index in [1.807, 2.05) is 0 Å². The summed E-state index contributed by atoms with van der Waals surface area (Å²) in [6.07, 6.45) is 7.13. The van der Waals surface area contributed by atoms with Gasteiger partial charge in [-0.15, -0.1) is 0 Å². The highest BCUT2D eigenvalue weighted by molar-refractivity contribution is 4.89. The van der Waals surface area contributed by atoms with Crippen molar-refractivity contribution >= 4 is 0 Å². The molecule has 3 heteroatoms. The number of hydrogen-bond donors (Lipinski definition) is 1. The fraction of sp³-hybridized carbons (Fsp3) is 1.00. The molecule has 2 rings (SSSR count). The van der Waals surface area contributed by atoms with Gasteiger partial charge >= 0.3 is 0 Å². The summed E-state index contributed by atoms with van der Waals surface area (Å²) in [6, 6.07) is 0. The first-order chi connectivity index (χ1) is 7.29. The van der Waals surface area contributed by atoms with Crippen molar-refractivity contribution in [3.05, 3.63) is 0 Å². The molecule has 0 aromatic rings. The molecular weight excluding hydrogens is 190 g/mol. The lowest BCUT2D eigenvalue weighted by molar-refractivity contribution is 0.00779. The number of rotatable bonds is 4. The summed E-state index contributed by atoms with van der Waals surface area (Å²) in [5.41, 5.74) is 6.22. The van der Waals surface area contributed by atoms with E-state index >= 15 is 0 Å². The minimum atomic E-state index is -0.00876. The fourth-order valence-corrected chi connectivity index (χ4v) is 2.57. The van der Waals surface area contributed by atoms with E-state index in [-0.39, 0.29) is 5.54 Å². The normalized spacial score (nSPS) is 27.0. The molecule has 2 fully saturated rings. The van der Waals surface area contributed by atoms with E-state index in [1.54, 1.807) is 0 Å². The van der Waals surface area contributed by atoms with E-state index in [1.165, 1.54) is 12.8 Å². The highest BCUT2D eigenvalue weighted by atomic mass is 16.5. The second kappa shape index (κ2) is 5.28. The Morgan fingerprint density at radius 1 is 1.20 bits per heavy atom. The van der Waals surface area contributed by atoms with E-state index in [0.29, 0.717) is 5.92 Å². The van der Waals surface area contributed by atoms with Crippen LogP contribution in [-0.2, 0) is 9.47 Å². The van der Waals surface area contributed by atoms with Crippen LogP contribution >= 0.6 is 0 Å². The van der Waals surface area contributed by atoms with Crippen molar-refractivity contribution in [1.29, 1.82) is 0 Å². The number of nitrogens with two attached hydrogens (primary N) is 1. The Morgan fingerprint density at radius 3 is 2.53 bits per heavy atom. The zero-order valence-corrected chi connectivity index (χ0v) is 9.54. The van der Waals surface area contributed by atoms with E-state index in [4.69, 9.17) is 15.2 Å². The Balaban J connectivity index is 1.61. The number of hydrogen-bond acceptors (Lipinski definition) is 3. The van der Waals surface area contributed by atoms with Crippen LogP contribution in [0.1, 0.15) is 38.5 Å². The smallest absolute Gasteiger partial charge is 0.0646 e. The van der Waals surface area contributed by atoms with Crippen LogP contribution in [0.25, 0.3) is 0 Å². The van der Waals surface area contributed by atoms with Crippen molar-refractivity contribution < 1.29 is 9.47 Å². The highest BCUT2D eigenvalue weighted by Gasteiger charge is 2.29. The summed E-state index contributed by atoms with van der Waals surface area (Å²) in [5.74, 6) is 0.698. The van der Waals surface area contributed by atoms with Crippen LogP contribution < -0.4 is 5.73 Å². The van der Waals surface area contributed by atoms with Gasteiger partial charge in [-0.1, -0.05) is 12.8 Å². The van der Waals surface area contributed by atoms with Crippen LogP contribution in [0.3, 0.4) is 0 Å². The summed E-state index contributed by atoms with van der Waals surface area (Å²) in [5, 5.41) is 0. The predicted octanol–water partition coefficient (Wildman–Crippen LogP) is 1.70. The van der Waals surface area contributed by atoms with E-state index in [9.17, 15) is 0 Å². The molecule has 1 aliphatic carbocycles. The van der Waals surface area contributed by atoms with Crippen LogP contribution in [0, 0.1) is 5.92 Å². The minimum Gasteiger partial charge on any atom is -0.381 e. The summed E-state index contributed by atoms with van der Waals surface area (Å²) >= 11 is 0. The largest absolute Gasteiger partial charge is 0.381 e. The third kappa shape index (κ3) is 3.44. The average molecular weight is 213 g/mol. The van der Waals surface area contributed by atoms with Crippen molar-refractivity contribution in [2.24, 2.45) is 11.7 Å². The molecule has 2 N–H and O–H groups in total.